The molecule has 0 aliphatic rings. The minimum atomic E-state index is 0. The summed E-state index contributed by atoms with van der Waals surface area (Å²) >= 11 is 5.83. The van der Waals surface area contributed by atoms with Crippen LogP contribution in [0.15, 0.2) is 4.52 Å². The van der Waals surface area contributed by atoms with Crippen molar-refractivity contribution in [1.82, 2.24) is 15.4 Å². The lowest BCUT2D eigenvalue weighted by atomic mass is 10.1. The number of rotatable bonds is 6. The van der Waals surface area contributed by atoms with Crippen molar-refractivity contribution < 1.29 is 9.32 Å². The van der Waals surface area contributed by atoms with Crippen LogP contribution >= 0.6 is 24.0 Å². The molecule has 0 aliphatic carbocycles. The third-order valence-electron chi connectivity index (χ3n) is 2.65. The Kier molecular flexibility index (Phi) is 7.98. The van der Waals surface area contributed by atoms with E-state index < -0.39 is 0 Å². The van der Waals surface area contributed by atoms with Gasteiger partial charge in [0.1, 0.15) is 0 Å². The first kappa shape index (κ1) is 17.2. The average molecular weight is 296 g/mol. The lowest BCUT2D eigenvalue weighted by Gasteiger charge is -2.16. The molecule has 5 nitrogen and oxygen atoms in total. The quantitative estimate of drug-likeness (QED) is 0.867. The summed E-state index contributed by atoms with van der Waals surface area (Å²) in [5.41, 5.74) is 1.57. The number of aromatic nitrogens is 1. The molecular formula is C11H19Cl2N3O2. The van der Waals surface area contributed by atoms with Crippen LogP contribution in [0.5, 0.6) is 0 Å². The second kappa shape index (κ2) is 8.34. The summed E-state index contributed by atoms with van der Waals surface area (Å²) in [6.45, 7) is 3.31. The van der Waals surface area contributed by atoms with E-state index in [1.54, 1.807) is 11.9 Å². The van der Waals surface area contributed by atoms with Crippen molar-refractivity contribution in [2.75, 3.05) is 27.2 Å². The van der Waals surface area contributed by atoms with Crippen molar-refractivity contribution in [2.24, 2.45) is 0 Å². The maximum atomic E-state index is 11.8. The average Bonchev–Trinajstić information content (AvgIpc) is 2.63. The Bertz CT molecular complexity index is 363. The molecule has 0 bridgehead atoms. The minimum absolute atomic E-state index is 0. The zero-order chi connectivity index (χ0) is 12.8. The molecule has 1 heterocycles. The number of carbonyl (C=O) groups is 1. The van der Waals surface area contributed by atoms with Crippen LogP contribution < -0.4 is 5.32 Å². The third kappa shape index (κ3) is 4.84. The van der Waals surface area contributed by atoms with E-state index in [1.807, 2.05) is 14.0 Å². The van der Waals surface area contributed by atoms with Gasteiger partial charge in [-0.2, -0.15) is 0 Å². The van der Waals surface area contributed by atoms with Gasteiger partial charge >= 0.3 is 0 Å². The highest BCUT2D eigenvalue weighted by Gasteiger charge is 2.14. The maximum absolute atomic E-state index is 11.8. The molecule has 0 radical (unpaired) electrons. The van der Waals surface area contributed by atoms with E-state index in [2.05, 4.69) is 10.5 Å². The number of likely N-dealkylation sites (N-methyl/N-ethyl adjacent to an activating group) is 2. The number of nitrogens with one attached hydrogen (secondary N) is 1. The zero-order valence-electron chi connectivity index (χ0n) is 10.8. The number of carbonyl (C=O) groups excluding carboxylic acids is 1. The predicted octanol–water partition coefficient (Wildman–Crippen LogP) is 1.67. The molecule has 0 saturated carbocycles. The first-order valence-electron chi connectivity index (χ1n) is 5.55. The maximum Gasteiger partial charge on any atom is 0.229 e. The largest absolute Gasteiger partial charge is 0.344 e. The molecular weight excluding hydrogens is 277 g/mol. The first-order chi connectivity index (χ1) is 8.06. The highest BCUT2D eigenvalue weighted by atomic mass is 35.5. The van der Waals surface area contributed by atoms with Crippen LogP contribution in [0, 0.1) is 6.92 Å². The van der Waals surface area contributed by atoms with Crippen LogP contribution in [0.4, 0.5) is 0 Å². The predicted molar refractivity (Wildman–Crippen MR) is 73.4 cm³/mol. The summed E-state index contributed by atoms with van der Waals surface area (Å²) in [4.78, 5) is 13.5. The Hall–Kier alpha value is -0.780. The van der Waals surface area contributed by atoms with E-state index in [0.29, 0.717) is 19.4 Å². The van der Waals surface area contributed by atoms with Gasteiger partial charge in [-0.25, -0.2) is 0 Å². The Labute approximate surface area is 118 Å². The summed E-state index contributed by atoms with van der Waals surface area (Å²) in [7, 11) is 3.65. The van der Waals surface area contributed by atoms with Crippen LogP contribution in [0.3, 0.4) is 0 Å². The molecule has 0 fully saturated rings. The fraction of sp³-hybridized carbons (Fsp3) is 0.636. The van der Waals surface area contributed by atoms with Gasteiger partial charge in [0.2, 0.25) is 11.1 Å². The normalized spacial score (nSPS) is 10.0. The molecule has 1 aromatic rings. The number of nitrogens with zero attached hydrogens (tertiary/aromatic N) is 2. The summed E-state index contributed by atoms with van der Waals surface area (Å²) in [5.74, 6) is 0.0944. The zero-order valence-corrected chi connectivity index (χ0v) is 12.4. The SMILES string of the molecule is CNCCN(C)C(=O)CCc1c(C)noc1Cl.Cl. The van der Waals surface area contributed by atoms with Gasteiger partial charge in [0.25, 0.3) is 0 Å². The molecule has 0 aliphatic heterocycles. The molecule has 104 valence electrons. The molecule has 1 N–H and O–H groups in total. The van der Waals surface area contributed by atoms with Crippen molar-refractivity contribution in [2.45, 2.75) is 19.8 Å². The number of halogens is 2. The van der Waals surface area contributed by atoms with Gasteiger partial charge in [-0.1, -0.05) is 5.16 Å². The van der Waals surface area contributed by atoms with E-state index in [1.165, 1.54) is 0 Å². The summed E-state index contributed by atoms with van der Waals surface area (Å²) in [6.07, 6.45) is 0.985. The Morgan fingerprint density at radius 1 is 1.56 bits per heavy atom. The first-order valence-corrected chi connectivity index (χ1v) is 5.93. The van der Waals surface area contributed by atoms with Gasteiger partial charge in [0, 0.05) is 32.1 Å². The molecule has 18 heavy (non-hydrogen) atoms. The van der Waals surface area contributed by atoms with Gasteiger partial charge in [-0.3, -0.25) is 4.79 Å². The molecule has 0 spiro atoms. The lowest BCUT2D eigenvalue weighted by Crippen LogP contribution is -2.32. The third-order valence-corrected chi connectivity index (χ3v) is 2.95. The molecule has 1 aromatic heterocycles. The minimum Gasteiger partial charge on any atom is -0.344 e. The number of hydrogen-bond donors (Lipinski definition) is 1. The molecule has 0 atom stereocenters. The van der Waals surface area contributed by atoms with Crippen LogP contribution in [0.25, 0.3) is 0 Å². The Morgan fingerprint density at radius 2 is 2.22 bits per heavy atom. The van der Waals surface area contributed by atoms with E-state index >= 15 is 0 Å². The van der Waals surface area contributed by atoms with Crippen molar-refractivity contribution in [3.8, 4) is 0 Å². The van der Waals surface area contributed by atoms with Crippen molar-refractivity contribution in [3.05, 3.63) is 16.5 Å². The second-order valence-corrected chi connectivity index (χ2v) is 4.28. The number of aryl methyl sites for hydroxylation is 1. The fourth-order valence-corrected chi connectivity index (χ4v) is 1.73. The number of hydrogen-bond acceptors (Lipinski definition) is 4. The summed E-state index contributed by atoms with van der Waals surface area (Å²) < 4.78 is 4.83. The van der Waals surface area contributed by atoms with Gasteiger partial charge < -0.3 is 14.7 Å². The highest BCUT2D eigenvalue weighted by Crippen LogP contribution is 2.20. The Morgan fingerprint density at radius 3 is 2.72 bits per heavy atom. The van der Waals surface area contributed by atoms with Crippen LogP contribution in [0.2, 0.25) is 5.22 Å². The molecule has 0 saturated heterocycles. The molecule has 7 heteroatoms. The monoisotopic (exact) mass is 295 g/mol. The van der Waals surface area contributed by atoms with Crippen LogP contribution in [0.1, 0.15) is 17.7 Å². The molecule has 0 aromatic carbocycles. The topological polar surface area (TPSA) is 58.4 Å². The van der Waals surface area contributed by atoms with E-state index in [9.17, 15) is 4.79 Å². The summed E-state index contributed by atoms with van der Waals surface area (Å²) in [5, 5.41) is 7.03. The van der Waals surface area contributed by atoms with Gasteiger partial charge in [-0.05, 0) is 32.0 Å². The van der Waals surface area contributed by atoms with E-state index in [0.717, 1.165) is 17.8 Å². The van der Waals surface area contributed by atoms with Gasteiger partial charge in [0.05, 0.1) is 5.69 Å². The van der Waals surface area contributed by atoms with E-state index in [-0.39, 0.29) is 23.5 Å². The molecule has 1 rings (SSSR count). The Balaban J connectivity index is 0.00000289. The lowest BCUT2D eigenvalue weighted by molar-refractivity contribution is -0.129. The van der Waals surface area contributed by atoms with Crippen LogP contribution in [-0.2, 0) is 11.2 Å². The van der Waals surface area contributed by atoms with Gasteiger partial charge in [-0.15, -0.1) is 12.4 Å². The smallest absolute Gasteiger partial charge is 0.229 e. The van der Waals surface area contributed by atoms with Crippen molar-refractivity contribution in [3.63, 3.8) is 0 Å². The van der Waals surface area contributed by atoms with Crippen LogP contribution in [-0.4, -0.2) is 43.1 Å². The fourth-order valence-electron chi connectivity index (χ4n) is 1.47. The molecule has 0 unspecified atom stereocenters. The number of amides is 1. The molecule has 1 amide bonds. The van der Waals surface area contributed by atoms with Gasteiger partial charge in [0.15, 0.2) is 0 Å². The summed E-state index contributed by atoms with van der Waals surface area (Å²) in [6, 6.07) is 0. The second-order valence-electron chi connectivity index (χ2n) is 3.94. The van der Waals surface area contributed by atoms with Crippen molar-refractivity contribution in [1.29, 1.82) is 0 Å². The van der Waals surface area contributed by atoms with Crippen molar-refractivity contribution >= 4 is 29.9 Å². The standard InChI is InChI=1S/C11H18ClN3O2.ClH/c1-8-9(11(12)17-14-8)4-5-10(16)15(3)7-6-13-2;/h13H,4-7H2,1-3H3;1H. The highest BCUT2D eigenvalue weighted by molar-refractivity contribution is 6.29. The van der Waals surface area contributed by atoms with E-state index in [4.69, 9.17) is 16.1 Å².